The topological polar surface area (TPSA) is 0 Å². The van der Waals surface area contributed by atoms with Crippen molar-refractivity contribution in [3.63, 3.8) is 0 Å². The van der Waals surface area contributed by atoms with Gasteiger partial charge in [-0.15, -0.1) is 5.30 Å². The van der Waals surface area contributed by atoms with Crippen molar-refractivity contribution in [1.29, 1.82) is 0 Å². The third kappa shape index (κ3) is 9.64. The second-order valence-electron chi connectivity index (χ2n) is 3.18. The van der Waals surface area contributed by atoms with Crippen LogP contribution < -0.4 is 24.8 Å². The Hall–Kier alpha value is 0.424. The summed E-state index contributed by atoms with van der Waals surface area (Å²) in [7, 11) is 0.906. The maximum Gasteiger partial charge on any atom is 4.00 e. The van der Waals surface area contributed by atoms with E-state index < -0.39 is 0 Å². The van der Waals surface area contributed by atoms with E-state index in [-0.39, 0.29) is 46.5 Å². The molecule has 0 nitrogen and oxygen atoms in total. The van der Waals surface area contributed by atoms with Crippen molar-refractivity contribution in [2.45, 2.75) is 20.8 Å². The van der Waals surface area contributed by atoms with Gasteiger partial charge < -0.3 is 24.8 Å². The third-order valence-electron chi connectivity index (χ3n) is 1.72. The molecule has 4 heteroatoms. The van der Waals surface area contributed by atoms with E-state index in [0.29, 0.717) is 0 Å². The molecule has 0 amide bonds. The van der Waals surface area contributed by atoms with E-state index in [1.165, 1.54) is 16.4 Å². The third-order valence-corrected chi connectivity index (χ3v) is 2.85. The molecule has 2 aromatic rings. The summed E-state index contributed by atoms with van der Waals surface area (Å²) in [6.45, 7) is 6.29. The second-order valence-corrected chi connectivity index (χ2v) is 4.51. The molecular weight excluding hydrogens is 294 g/mol. The summed E-state index contributed by atoms with van der Waals surface area (Å²) in [4.78, 5) is 0. The van der Waals surface area contributed by atoms with Gasteiger partial charge in [0.25, 0.3) is 0 Å². The van der Waals surface area contributed by atoms with Crippen molar-refractivity contribution in [3.05, 3.63) is 52.6 Å². The Morgan fingerprint density at radius 2 is 1.81 bits per heavy atom. The Morgan fingerprint density at radius 3 is 1.94 bits per heavy atom. The minimum Gasteiger partial charge on any atom is -1.00 e. The molecule has 0 bridgehead atoms. The first kappa shape index (κ1) is 21.7. The van der Waals surface area contributed by atoms with Crippen molar-refractivity contribution >= 4 is 8.19 Å². The van der Waals surface area contributed by atoms with Gasteiger partial charge in [0.05, 0.1) is 0 Å². The zero-order valence-corrected chi connectivity index (χ0v) is 13.7. The molecular formula is C12H15Cl2PTi. The Labute approximate surface area is 127 Å². The number of aryl methyl sites for hydroxylation is 3. The van der Waals surface area contributed by atoms with E-state index in [0.717, 1.165) is 8.19 Å². The normalized spacial score (nSPS) is 7.94. The van der Waals surface area contributed by atoms with E-state index in [1.54, 1.807) is 0 Å². The zero-order chi connectivity index (χ0) is 9.68. The van der Waals surface area contributed by atoms with Crippen LogP contribution in [0, 0.1) is 26.8 Å². The van der Waals surface area contributed by atoms with Gasteiger partial charge >= 0.3 is 21.7 Å². The standard InChI is InChI=1S/C6H8P.C6H7.2ClH.Ti/c1-5-3-6(2)7-4-5;1-6-4-2-3-5-6;;;/h4,7H,1-2H3;2-5H,1H3;2*1H;/q2*-1;;;+4/p-2. The van der Waals surface area contributed by atoms with E-state index in [1.807, 2.05) is 12.1 Å². The van der Waals surface area contributed by atoms with Gasteiger partial charge in [-0.05, 0) is 0 Å². The molecule has 0 aliphatic heterocycles. The molecule has 1 aromatic carbocycles. The second kappa shape index (κ2) is 11.9. The maximum atomic E-state index is 3.21. The molecule has 0 saturated heterocycles. The first-order valence-corrected chi connectivity index (χ1v) is 5.48. The monoisotopic (exact) mass is 308 g/mol. The molecule has 1 heterocycles. The van der Waals surface area contributed by atoms with Crippen LogP contribution in [0.3, 0.4) is 0 Å². The Bertz CT molecular complexity index is 325. The van der Waals surface area contributed by atoms with Crippen LogP contribution >= 0.6 is 8.19 Å². The first-order chi connectivity index (χ1) is 6.18. The van der Waals surface area contributed by atoms with Gasteiger partial charge in [0, 0.05) is 0 Å². The number of hydrogen-bond acceptors (Lipinski definition) is 0. The van der Waals surface area contributed by atoms with Gasteiger partial charge in [0.15, 0.2) is 0 Å². The molecule has 2 rings (SSSR count). The molecule has 1 aromatic heterocycles. The molecule has 0 N–H and O–H groups in total. The fourth-order valence-corrected chi connectivity index (χ4v) is 1.83. The van der Waals surface area contributed by atoms with Crippen LogP contribution in [-0.2, 0) is 21.7 Å². The Kier molecular flexibility index (Phi) is 16.1. The van der Waals surface area contributed by atoms with Crippen LogP contribution in [0.1, 0.15) is 16.4 Å². The molecule has 0 aliphatic rings. The van der Waals surface area contributed by atoms with Crippen LogP contribution in [0.5, 0.6) is 0 Å². The average Bonchev–Trinajstić information content (AvgIpc) is 2.64. The smallest absolute Gasteiger partial charge is 1.00 e. The largest absolute Gasteiger partial charge is 4.00 e. The van der Waals surface area contributed by atoms with Crippen molar-refractivity contribution < 1.29 is 46.5 Å². The van der Waals surface area contributed by atoms with E-state index in [9.17, 15) is 0 Å². The quantitative estimate of drug-likeness (QED) is 0.385. The van der Waals surface area contributed by atoms with Crippen molar-refractivity contribution in [2.24, 2.45) is 0 Å². The number of hydrogen-bond donors (Lipinski definition) is 0. The fourth-order valence-electron chi connectivity index (χ4n) is 1.05. The van der Waals surface area contributed by atoms with Crippen molar-refractivity contribution in [1.82, 2.24) is 0 Å². The van der Waals surface area contributed by atoms with Gasteiger partial charge in [-0.3, -0.25) is 0 Å². The van der Waals surface area contributed by atoms with Gasteiger partial charge in [-0.25, -0.2) is 32.0 Å². The minimum atomic E-state index is 0. The minimum absolute atomic E-state index is 0. The Balaban J connectivity index is -0.000000179. The summed E-state index contributed by atoms with van der Waals surface area (Å²) in [5.74, 6) is 2.22. The van der Waals surface area contributed by atoms with Crippen LogP contribution in [-0.4, -0.2) is 0 Å². The molecule has 1 atom stereocenters. The van der Waals surface area contributed by atoms with E-state index in [4.69, 9.17) is 0 Å². The van der Waals surface area contributed by atoms with Gasteiger partial charge in [0.1, 0.15) is 0 Å². The molecule has 0 spiro atoms. The maximum absolute atomic E-state index is 3.21. The summed E-state index contributed by atoms with van der Waals surface area (Å²) in [5.41, 5.74) is 2.64. The summed E-state index contributed by atoms with van der Waals surface area (Å²) in [6.07, 6.45) is 0. The predicted molar refractivity (Wildman–Crippen MR) is 61.0 cm³/mol. The van der Waals surface area contributed by atoms with Crippen LogP contribution in [0.2, 0.25) is 0 Å². The molecule has 16 heavy (non-hydrogen) atoms. The molecule has 0 radical (unpaired) electrons. The van der Waals surface area contributed by atoms with Crippen LogP contribution in [0.25, 0.3) is 0 Å². The fraction of sp³-hybridized carbons (Fsp3) is 0.250. The van der Waals surface area contributed by atoms with E-state index >= 15 is 0 Å². The predicted octanol–water partition coefficient (Wildman–Crippen LogP) is -2.15. The zero-order valence-electron chi connectivity index (χ0n) is 9.64. The van der Waals surface area contributed by atoms with Crippen molar-refractivity contribution in [2.75, 3.05) is 0 Å². The summed E-state index contributed by atoms with van der Waals surface area (Å²) in [5, 5.41) is 1.39. The summed E-state index contributed by atoms with van der Waals surface area (Å²) >= 11 is 0. The molecule has 1 unspecified atom stereocenters. The van der Waals surface area contributed by atoms with Gasteiger partial charge in [-0.2, -0.15) is 23.5 Å². The van der Waals surface area contributed by atoms with Crippen molar-refractivity contribution in [3.8, 4) is 0 Å². The number of halogens is 2. The van der Waals surface area contributed by atoms with Gasteiger partial charge in [-0.1, -0.05) is 20.8 Å². The first-order valence-electron chi connectivity index (χ1n) is 4.40. The van der Waals surface area contributed by atoms with E-state index in [2.05, 4.69) is 44.8 Å². The molecule has 0 fully saturated rings. The Morgan fingerprint density at radius 1 is 1.19 bits per heavy atom. The number of rotatable bonds is 0. The molecule has 0 saturated carbocycles. The summed E-state index contributed by atoms with van der Waals surface area (Å²) in [6, 6.07) is 11.4. The average molecular weight is 309 g/mol. The SMILES string of the molecule is Cc1[c-]c(C)[pH]c1.Cc1ccc[cH-]1.[Cl-].[Cl-].[Ti+4]. The molecule has 86 valence electrons. The van der Waals surface area contributed by atoms with Crippen LogP contribution in [0.4, 0.5) is 0 Å². The van der Waals surface area contributed by atoms with Gasteiger partial charge in [0.2, 0.25) is 0 Å². The van der Waals surface area contributed by atoms with Crippen LogP contribution in [0.15, 0.2) is 30.1 Å². The molecule has 0 aliphatic carbocycles. The summed E-state index contributed by atoms with van der Waals surface area (Å²) < 4.78 is 0.